The Kier molecular flexibility index (Phi) is 4.65. The summed E-state index contributed by atoms with van der Waals surface area (Å²) in [5.74, 6) is -0.284. The van der Waals surface area contributed by atoms with Crippen LogP contribution in [0.5, 0.6) is 0 Å². The summed E-state index contributed by atoms with van der Waals surface area (Å²) < 4.78 is 14.0. The fourth-order valence-electron chi connectivity index (χ4n) is 2.80. The van der Waals surface area contributed by atoms with E-state index in [0.717, 1.165) is 23.3 Å². The lowest BCUT2D eigenvalue weighted by Gasteiger charge is -2.27. The molecule has 1 N–H and O–H groups in total. The molecule has 0 aliphatic rings. The zero-order valence-corrected chi connectivity index (χ0v) is 14.3. The van der Waals surface area contributed by atoms with Crippen LogP contribution in [0.4, 0.5) is 15.8 Å². The van der Waals surface area contributed by atoms with Crippen molar-refractivity contribution in [3.63, 3.8) is 0 Å². The fraction of sp³-hybridized carbons (Fsp3) is 0.250. The number of nitrogens with zero attached hydrogens (tertiary/aromatic N) is 2. The summed E-state index contributed by atoms with van der Waals surface area (Å²) in [5.41, 5.74) is 3.32. The molecule has 0 radical (unpaired) electrons. The third-order valence-corrected chi connectivity index (χ3v) is 4.33. The second-order valence-corrected chi connectivity index (χ2v) is 6.12. The first-order valence-electron chi connectivity index (χ1n) is 8.14. The van der Waals surface area contributed by atoms with Gasteiger partial charge in [-0.15, -0.1) is 0 Å². The van der Waals surface area contributed by atoms with Gasteiger partial charge in [0, 0.05) is 42.1 Å². The van der Waals surface area contributed by atoms with Crippen LogP contribution in [0.15, 0.2) is 54.6 Å². The minimum Gasteiger partial charge on any atom is -0.382 e. The molecule has 0 fully saturated rings. The number of anilines is 2. The Morgan fingerprint density at radius 3 is 2.62 bits per heavy atom. The van der Waals surface area contributed by atoms with Crippen molar-refractivity contribution in [2.24, 2.45) is 0 Å². The maximum absolute atomic E-state index is 14.0. The molecular formula is C20H22FN3. The monoisotopic (exact) mass is 323 g/mol. The second-order valence-electron chi connectivity index (χ2n) is 6.12. The van der Waals surface area contributed by atoms with Gasteiger partial charge in [0.2, 0.25) is 0 Å². The van der Waals surface area contributed by atoms with Gasteiger partial charge in [0.1, 0.15) is 11.3 Å². The molecule has 2 aromatic carbocycles. The first-order chi connectivity index (χ1) is 11.6. The summed E-state index contributed by atoms with van der Waals surface area (Å²) in [6, 6.07) is 17.6. The van der Waals surface area contributed by atoms with Crippen LogP contribution >= 0.6 is 0 Å². The minimum absolute atomic E-state index is 0.282. The summed E-state index contributed by atoms with van der Waals surface area (Å²) in [6.45, 7) is 4.80. The summed E-state index contributed by atoms with van der Waals surface area (Å²) in [6.07, 6.45) is 0. The molecule has 24 heavy (non-hydrogen) atoms. The highest BCUT2D eigenvalue weighted by Crippen LogP contribution is 2.25. The van der Waals surface area contributed by atoms with Crippen molar-refractivity contribution in [2.45, 2.75) is 19.9 Å². The summed E-state index contributed by atoms with van der Waals surface area (Å²) >= 11 is 0. The average molecular weight is 323 g/mol. The molecule has 3 rings (SSSR count). The second kappa shape index (κ2) is 6.87. The lowest BCUT2D eigenvalue weighted by atomic mass is 10.1. The molecule has 0 aliphatic heterocycles. The number of hydrogen-bond acceptors (Lipinski definition) is 3. The van der Waals surface area contributed by atoms with Crippen LogP contribution in [0.2, 0.25) is 0 Å². The Hall–Kier alpha value is -2.62. The number of para-hydroxylation sites is 2. The van der Waals surface area contributed by atoms with Gasteiger partial charge in [0.15, 0.2) is 0 Å². The van der Waals surface area contributed by atoms with Crippen LogP contribution in [0.25, 0.3) is 10.9 Å². The summed E-state index contributed by atoms with van der Waals surface area (Å²) in [5, 5.41) is 4.27. The highest BCUT2D eigenvalue weighted by molar-refractivity contribution is 5.91. The molecule has 0 saturated carbocycles. The van der Waals surface area contributed by atoms with Crippen molar-refractivity contribution >= 4 is 22.3 Å². The Balaban J connectivity index is 1.79. The van der Waals surface area contributed by atoms with Gasteiger partial charge in [-0.05, 0) is 38.1 Å². The SMILES string of the molecule is Cc1cc(NCC(C)N(C)c2ccccc2)c2cccc(F)c2n1. The van der Waals surface area contributed by atoms with Gasteiger partial charge in [0.05, 0.1) is 0 Å². The Bertz CT molecular complexity index is 833. The number of hydrogen-bond donors (Lipinski definition) is 1. The normalized spacial score (nSPS) is 12.2. The van der Waals surface area contributed by atoms with Crippen LogP contribution < -0.4 is 10.2 Å². The van der Waals surface area contributed by atoms with Gasteiger partial charge in [-0.25, -0.2) is 9.37 Å². The maximum Gasteiger partial charge on any atom is 0.149 e. The molecule has 4 heteroatoms. The van der Waals surface area contributed by atoms with Crippen molar-refractivity contribution in [3.8, 4) is 0 Å². The van der Waals surface area contributed by atoms with Gasteiger partial charge in [-0.3, -0.25) is 0 Å². The Morgan fingerprint density at radius 2 is 1.88 bits per heavy atom. The van der Waals surface area contributed by atoms with E-state index in [2.05, 4.69) is 41.3 Å². The van der Waals surface area contributed by atoms with Gasteiger partial charge < -0.3 is 10.2 Å². The highest BCUT2D eigenvalue weighted by atomic mass is 19.1. The first-order valence-corrected chi connectivity index (χ1v) is 8.14. The average Bonchev–Trinajstić information content (AvgIpc) is 2.60. The van der Waals surface area contributed by atoms with Crippen LogP contribution in [0.1, 0.15) is 12.6 Å². The third kappa shape index (κ3) is 3.32. The Labute approximate surface area is 142 Å². The van der Waals surface area contributed by atoms with Gasteiger partial charge in [-0.2, -0.15) is 0 Å². The van der Waals surface area contributed by atoms with Gasteiger partial charge in [-0.1, -0.05) is 30.3 Å². The van der Waals surface area contributed by atoms with E-state index < -0.39 is 0 Å². The van der Waals surface area contributed by atoms with Crippen LogP contribution in [0.3, 0.4) is 0 Å². The number of fused-ring (bicyclic) bond motifs is 1. The van der Waals surface area contributed by atoms with E-state index in [1.54, 1.807) is 6.07 Å². The molecule has 0 amide bonds. The molecule has 0 spiro atoms. The summed E-state index contributed by atoms with van der Waals surface area (Å²) in [4.78, 5) is 6.55. The quantitative estimate of drug-likeness (QED) is 0.742. The smallest absolute Gasteiger partial charge is 0.149 e. The maximum atomic E-state index is 14.0. The molecular weight excluding hydrogens is 301 g/mol. The molecule has 1 aromatic heterocycles. The largest absolute Gasteiger partial charge is 0.382 e. The number of rotatable bonds is 5. The topological polar surface area (TPSA) is 28.2 Å². The molecule has 1 heterocycles. The number of aromatic nitrogens is 1. The van der Waals surface area contributed by atoms with Crippen LogP contribution in [-0.4, -0.2) is 24.6 Å². The molecule has 1 atom stereocenters. The molecule has 0 aliphatic carbocycles. The zero-order valence-electron chi connectivity index (χ0n) is 14.3. The predicted molar refractivity (Wildman–Crippen MR) is 99.2 cm³/mol. The first kappa shape index (κ1) is 16.2. The van der Waals surface area contributed by atoms with Crippen molar-refractivity contribution in [1.82, 2.24) is 4.98 Å². The van der Waals surface area contributed by atoms with E-state index in [0.29, 0.717) is 5.52 Å². The zero-order chi connectivity index (χ0) is 17.1. The lowest BCUT2D eigenvalue weighted by Crippen LogP contribution is -2.34. The van der Waals surface area contributed by atoms with Crippen molar-refractivity contribution in [1.29, 1.82) is 0 Å². The van der Waals surface area contributed by atoms with E-state index in [9.17, 15) is 4.39 Å². The van der Waals surface area contributed by atoms with E-state index in [-0.39, 0.29) is 11.9 Å². The minimum atomic E-state index is -0.284. The number of halogens is 1. The van der Waals surface area contributed by atoms with E-state index >= 15 is 0 Å². The number of pyridine rings is 1. The molecule has 0 saturated heterocycles. The highest BCUT2D eigenvalue weighted by Gasteiger charge is 2.12. The van der Waals surface area contributed by atoms with Crippen molar-refractivity contribution < 1.29 is 4.39 Å². The molecule has 3 nitrogen and oxygen atoms in total. The lowest BCUT2D eigenvalue weighted by molar-refractivity contribution is 0.636. The van der Waals surface area contributed by atoms with Gasteiger partial charge >= 0.3 is 0 Å². The number of benzene rings is 2. The predicted octanol–water partition coefficient (Wildman–Crippen LogP) is 4.62. The molecule has 3 aromatic rings. The Morgan fingerprint density at radius 1 is 1.12 bits per heavy atom. The third-order valence-electron chi connectivity index (χ3n) is 4.33. The summed E-state index contributed by atoms with van der Waals surface area (Å²) in [7, 11) is 2.08. The van der Waals surface area contributed by atoms with Crippen molar-refractivity contribution in [2.75, 3.05) is 23.8 Å². The van der Waals surface area contributed by atoms with E-state index in [1.807, 2.05) is 37.3 Å². The number of aryl methyl sites for hydroxylation is 1. The number of likely N-dealkylation sites (N-methyl/N-ethyl adjacent to an activating group) is 1. The number of nitrogens with one attached hydrogen (secondary N) is 1. The molecule has 124 valence electrons. The molecule has 0 bridgehead atoms. The van der Waals surface area contributed by atoms with Crippen molar-refractivity contribution in [3.05, 3.63) is 66.1 Å². The van der Waals surface area contributed by atoms with E-state index in [4.69, 9.17) is 0 Å². The fourth-order valence-corrected chi connectivity index (χ4v) is 2.80. The van der Waals surface area contributed by atoms with Crippen LogP contribution in [0, 0.1) is 12.7 Å². The van der Waals surface area contributed by atoms with Crippen LogP contribution in [-0.2, 0) is 0 Å². The molecule has 1 unspecified atom stereocenters. The van der Waals surface area contributed by atoms with Gasteiger partial charge in [0.25, 0.3) is 0 Å². The standard InChI is InChI=1S/C20H22FN3/c1-14-12-19(17-10-7-11-18(21)20(17)23-14)22-13-15(2)24(3)16-8-5-4-6-9-16/h4-12,15H,13H2,1-3H3,(H,22,23). The van der Waals surface area contributed by atoms with E-state index in [1.165, 1.54) is 11.8 Å².